The smallest absolute Gasteiger partial charge is 0.0542 e. The molecule has 1 aromatic heterocycles. The van der Waals surface area contributed by atoms with E-state index in [4.69, 9.17) is 5.73 Å². The van der Waals surface area contributed by atoms with Gasteiger partial charge in [0.15, 0.2) is 0 Å². The number of rotatable bonds is 3. The molecule has 94 valence electrons. The lowest BCUT2D eigenvalue weighted by atomic mass is 9.93. The van der Waals surface area contributed by atoms with E-state index in [9.17, 15) is 0 Å². The molecule has 0 spiro atoms. The fourth-order valence-electron chi connectivity index (χ4n) is 2.66. The van der Waals surface area contributed by atoms with Crippen LogP contribution in [-0.4, -0.2) is 22.5 Å². The average molecular weight is 233 g/mol. The van der Waals surface area contributed by atoms with Crippen LogP contribution in [-0.2, 0) is 13.1 Å². The molecule has 2 heterocycles. The molecule has 0 aliphatic carbocycles. The Morgan fingerprint density at radius 3 is 3.00 bits per heavy atom. The van der Waals surface area contributed by atoms with Crippen molar-refractivity contribution in [3.8, 4) is 0 Å². The second kappa shape index (κ2) is 5.61. The fraction of sp³-hybridized carbons (Fsp3) is 0.643. The molecule has 1 saturated heterocycles. The van der Waals surface area contributed by atoms with E-state index in [1.165, 1.54) is 24.9 Å². The Balaban J connectivity index is 2.00. The van der Waals surface area contributed by atoms with Crippen LogP contribution >= 0.6 is 0 Å². The molecule has 1 fully saturated rings. The summed E-state index contributed by atoms with van der Waals surface area (Å²) in [7, 11) is 0. The molecule has 0 amide bonds. The van der Waals surface area contributed by atoms with Crippen molar-refractivity contribution in [2.45, 2.75) is 45.8 Å². The summed E-state index contributed by atoms with van der Waals surface area (Å²) in [4.78, 5) is 6.80. The Morgan fingerprint density at radius 2 is 2.29 bits per heavy atom. The van der Waals surface area contributed by atoms with Crippen molar-refractivity contribution >= 4 is 0 Å². The third-order valence-electron chi connectivity index (χ3n) is 3.75. The van der Waals surface area contributed by atoms with Gasteiger partial charge in [0.25, 0.3) is 0 Å². The molecular formula is C14H23N3. The van der Waals surface area contributed by atoms with Crippen molar-refractivity contribution in [3.05, 3.63) is 29.6 Å². The molecule has 0 aromatic carbocycles. The molecule has 0 saturated carbocycles. The number of likely N-dealkylation sites (tertiary alicyclic amines) is 1. The number of nitrogens with two attached hydrogens (primary N) is 1. The zero-order chi connectivity index (χ0) is 12.3. The topological polar surface area (TPSA) is 42.2 Å². The summed E-state index contributed by atoms with van der Waals surface area (Å²) in [6.45, 7) is 7.46. The minimum Gasteiger partial charge on any atom is -0.325 e. The van der Waals surface area contributed by atoms with E-state index in [2.05, 4.69) is 35.9 Å². The molecule has 3 heteroatoms. The Labute approximate surface area is 104 Å². The molecular weight excluding hydrogens is 210 g/mol. The lowest BCUT2D eigenvalue weighted by Gasteiger charge is -2.36. The van der Waals surface area contributed by atoms with Crippen LogP contribution in [0.15, 0.2) is 18.3 Å². The van der Waals surface area contributed by atoms with Gasteiger partial charge in [-0.15, -0.1) is 0 Å². The van der Waals surface area contributed by atoms with E-state index in [0.29, 0.717) is 12.6 Å². The lowest BCUT2D eigenvalue weighted by Crippen LogP contribution is -2.39. The predicted octanol–water partition coefficient (Wildman–Crippen LogP) is 2.16. The van der Waals surface area contributed by atoms with Gasteiger partial charge in [0.1, 0.15) is 0 Å². The van der Waals surface area contributed by atoms with Gasteiger partial charge >= 0.3 is 0 Å². The number of hydrogen-bond acceptors (Lipinski definition) is 3. The minimum atomic E-state index is 0.528. The van der Waals surface area contributed by atoms with Gasteiger partial charge in [0.05, 0.1) is 5.69 Å². The van der Waals surface area contributed by atoms with Gasteiger partial charge in [-0.05, 0) is 49.9 Å². The van der Waals surface area contributed by atoms with Crippen molar-refractivity contribution in [2.24, 2.45) is 11.7 Å². The largest absolute Gasteiger partial charge is 0.325 e. The Morgan fingerprint density at radius 1 is 1.47 bits per heavy atom. The number of hydrogen-bond donors (Lipinski definition) is 1. The first-order valence-electron chi connectivity index (χ1n) is 6.57. The third-order valence-corrected chi connectivity index (χ3v) is 3.75. The molecule has 0 bridgehead atoms. The molecule has 1 aliphatic heterocycles. The minimum absolute atomic E-state index is 0.528. The summed E-state index contributed by atoms with van der Waals surface area (Å²) in [6, 6.07) is 4.92. The van der Waals surface area contributed by atoms with Crippen LogP contribution in [0.4, 0.5) is 0 Å². The fourth-order valence-corrected chi connectivity index (χ4v) is 2.66. The van der Waals surface area contributed by atoms with E-state index in [1.807, 2.05) is 6.20 Å². The average Bonchev–Trinajstić information content (AvgIpc) is 2.33. The molecule has 2 N–H and O–H groups in total. The summed E-state index contributed by atoms with van der Waals surface area (Å²) in [5, 5.41) is 0. The van der Waals surface area contributed by atoms with Crippen molar-refractivity contribution in [2.75, 3.05) is 6.54 Å². The highest BCUT2D eigenvalue weighted by Crippen LogP contribution is 2.23. The van der Waals surface area contributed by atoms with E-state index < -0.39 is 0 Å². The standard InChI is InChI=1S/C14H23N3/c1-11-4-6-17(12(2)7-11)10-13-3-5-16-14(8-13)9-15/h3,5,8,11-12H,4,6-7,9-10,15H2,1-2H3. The Hall–Kier alpha value is -0.930. The van der Waals surface area contributed by atoms with Crippen molar-refractivity contribution < 1.29 is 0 Å². The van der Waals surface area contributed by atoms with Gasteiger partial charge in [-0.3, -0.25) is 9.88 Å². The predicted molar refractivity (Wildman–Crippen MR) is 70.4 cm³/mol. The van der Waals surface area contributed by atoms with Gasteiger partial charge in [0.2, 0.25) is 0 Å². The van der Waals surface area contributed by atoms with Gasteiger partial charge in [-0.2, -0.15) is 0 Å². The monoisotopic (exact) mass is 233 g/mol. The first-order valence-corrected chi connectivity index (χ1v) is 6.57. The van der Waals surface area contributed by atoms with Crippen LogP contribution in [0.3, 0.4) is 0 Å². The maximum absolute atomic E-state index is 5.62. The third kappa shape index (κ3) is 3.27. The van der Waals surface area contributed by atoms with E-state index in [1.54, 1.807) is 0 Å². The molecule has 2 rings (SSSR count). The first-order chi connectivity index (χ1) is 8.19. The van der Waals surface area contributed by atoms with Gasteiger partial charge in [-0.1, -0.05) is 6.92 Å². The quantitative estimate of drug-likeness (QED) is 0.870. The van der Waals surface area contributed by atoms with Crippen LogP contribution in [0.5, 0.6) is 0 Å². The summed E-state index contributed by atoms with van der Waals surface area (Å²) in [5.41, 5.74) is 7.94. The van der Waals surface area contributed by atoms with Crippen LogP contribution in [0, 0.1) is 5.92 Å². The number of nitrogens with zero attached hydrogens (tertiary/aromatic N) is 2. The van der Waals surface area contributed by atoms with Crippen LogP contribution < -0.4 is 5.73 Å². The number of aromatic nitrogens is 1. The zero-order valence-electron chi connectivity index (χ0n) is 10.9. The molecule has 17 heavy (non-hydrogen) atoms. The molecule has 1 aromatic rings. The lowest BCUT2D eigenvalue weighted by molar-refractivity contribution is 0.122. The zero-order valence-corrected chi connectivity index (χ0v) is 10.9. The summed E-state index contributed by atoms with van der Waals surface area (Å²) >= 11 is 0. The second-order valence-electron chi connectivity index (χ2n) is 5.31. The van der Waals surface area contributed by atoms with E-state index in [0.717, 1.165) is 18.2 Å². The Kier molecular flexibility index (Phi) is 4.13. The highest BCUT2D eigenvalue weighted by molar-refractivity contribution is 5.16. The number of pyridine rings is 1. The summed E-state index contributed by atoms with van der Waals surface area (Å²) < 4.78 is 0. The van der Waals surface area contributed by atoms with Crippen molar-refractivity contribution in [3.63, 3.8) is 0 Å². The highest BCUT2D eigenvalue weighted by Gasteiger charge is 2.22. The molecule has 3 nitrogen and oxygen atoms in total. The van der Waals surface area contributed by atoms with Gasteiger partial charge in [-0.25, -0.2) is 0 Å². The van der Waals surface area contributed by atoms with Gasteiger partial charge in [0, 0.05) is 25.3 Å². The van der Waals surface area contributed by atoms with Crippen molar-refractivity contribution in [1.82, 2.24) is 9.88 Å². The summed E-state index contributed by atoms with van der Waals surface area (Å²) in [5.74, 6) is 0.873. The van der Waals surface area contributed by atoms with Crippen LogP contribution in [0.2, 0.25) is 0 Å². The second-order valence-corrected chi connectivity index (χ2v) is 5.31. The van der Waals surface area contributed by atoms with E-state index in [-0.39, 0.29) is 0 Å². The van der Waals surface area contributed by atoms with E-state index >= 15 is 0 Å². The highest BCUT2D eigenvalue weighted by atomic mass is 15.2. The normalized spacial score (nSPS) is 26.1. The molecule has 2 unspecified atom stereocenters. The van der Waals surface area contributed by atoms with Crippen LogP contribution in [0.1, 0.15) is 37.9 Å². The molecule has 2 atom stereocenters. The van der Waals surface area contributed by atoms with Crippen LogP contribution in [0.25, 0.3) is 0 Å². The number of piperidine rings is 1. The first kappa shape index (κ1) is 12.5. The Bertz CT molecular complexity index is 364. The molecule has 1 aliphatic rings. The van der Waals surface area contributed by atoms with Gasteiger partial charge < -0.3 is 5.73 Å². The SMILES string of the molecule is CC1CCN(Cc2ccnc(CN)c2)C(C)C1. The summed E-state index contributed by atoms with van der Waals surface area (Å²) in [6.07, 6.45) is 4.50. The van der Waals surface area contributed by atoms with Crippen molar-refractivity contribution in [1.29, 1.82) is 0 Å². The molecule has 0 radical (unpaired) electrons. The maximum Gasteiger partial charge on any atom is 0.0542 e. The maximum atomic E-state index is 5.62.